The number of aliphatic hydroxyl groups excluding tert-OH is 5. The summed E-state index contributed by atoms with van der Waals surface area (Å²) in [6.45, 7) is -1.70. The molecule has 1 aromatic rings. The third-order valence-electron chi connectivity index (χ3n) is 5.02. The van der Waals surface area contributed by atoms with Crippen molar-refractivity contribution in [2.75, 3.05) is 13.2 Å². The summed E-state index contributed by atoms with van der Waals surface area (Å²) in [6, 6.07) is 0.834. The summed E-state index contributed by atoms with van der Waals surface area (Å²) in [7, 11) is -5.37. The summed E-state index contributed by atoms with van der Waals surface area (Å²) in [5.41, 5.74) is -4.64. The number of aliphatic hydroxyl groups is 5. The first-order valence-electron chi connectivity index (χ1n) is 8.62. The average molecular weight is 456 g/mol. The van der Waals surface area contributed by atoms with E-state index in [2.05, 4.69) is 4.52 Å². The highest BCUT2D eigenvalue weighted by Crippen LogP contribution is 2.50. The van der Waals surface area contributed by atoms with Gasteiger partial charge in [0.1, 0.15) is 42.7 Å². The van der Waals surface area contributed by atoms with Gasteiger partial charge >= 0.3 is 13.5 Å². The standard InChI is InChI=1S/C14H21N2O13P/c17-3-5-8(20)10(22)11(27-5)14(16-2-1-7(19)15-13(16)23)12(29-30(24,25)26)9(21)6(4-18)28-14/h1-2,5-6,8-12,17-18,20-22H,3-4H2,(H,15,19,23)(H2,24,25,26)/t5-,6-,8-,9-,10-,11?,12-,14-/m1/s1. The van der Waals surface area contributed by atoms with Crippen LogP contribution < -0.4 is 11.2 Å². The molecule has 0 aliphatic carbocycles. The Balaban J connectivity index is 2.27. The molecule has 2 aliphatic rings. The monoisotopic (exact) mass is 456 g/mol. The van der Waals surface area contributed by atoms with Gasteiger partial charge in [-0.25, -0.2) is 9.36 Å². The number of rotatable bonds is 6. The van der Waals surface area contributed by atoms with Gasteiger partial charge < -0.3 is 44.8 Å². The van der Waals surface area contributed by atoms with E-state index in [0.29, 0.717) is 4.57 Å². The maximum atomic E-state index is 12.5. The van der Waals surface area contributed by atoms with Gasteiger partial charge in [0.2, 0.25) is 5.72 Å². The minimum Gasteiger partial charge on any atom is -0.394 e. The lowest BCUT2D eigenvalue weighted by Gasteiger charge is -2.40. The Hall–Kier alpha value is -1.49. The summed E-state index contributed by atoms with van der Waals surface area (Å²) >= 11 is 0. The number of nitrogens with one attached hydrogen (secondary N) is 1. The van der Waals surface area contributed by atoms with Gasteiger partial charge in [0.15, 0.2) is 0 Å². The number of aromatic amines is 1. The van der Waals surface area contributed by atoms with Gasteiger partial charge in [-0.15, -0.1) is 0 Å². The highest BCUT2D eigenvalue weighted by molar-refractivity contribution is 7.46. The number of aromatic nitrogens is 2. The second-order valence-corrected chi connectivity index (χ2v) is 8.03. The number of hydrogen-bond acceptors (Lipinski definition) is 11. The zero-order chi connectivity index (χ0) is 22.4. The molecule has 0 bridgehead atoms. The molecule has 2 saturated heterocycles. The van der Waals surface area contributed by atoms with Crippen molar-refractivity contribution in [2.45, 2.75) is 48.5 Å². The first-order chi connectivity index (χ1) is 14.0. The Morgan fingerprint density at radius 3 is 2.23 bits per heavy atom. The summed E-state index contributed by atoms with van der Waals surface area (Å²) < 4.78 is 27.7. The van der Waals surface area contributed by atoms with E-state index in [9.17, 15) is 49.5 Å². The molecular weight excluding hydrogens is 435 g/mol. The van der Waals surface area contributed by atoms with Crippen molar-refractivity contribution in [3.8, 4) is 0 Å². The number of H-pyrrole nitrogens is 1. The zero-order valence-corrected chi connectivity index (χ0v) is 16.0. The fourth-order valence-electron chi connectivity index (χ4n) is 3.74. The molecule has 170 valence electrons. The molecule has 0 amide bonds. The molecule has 1 unspecified atom stereocenters. The average Bonchev–Trinajstić information content (AvgIpc) is 3.10. The number of phosphoric acid groups is 1. The predicted octanol–water partition coefficient (Wildman–Crippen LogP) is -5.10. The highest BCUT2D eigenvalue weighted by atomic mass is 31.2. The minimum absolute atomic E-state index is 0.550. The predicted molar refractivity (Wildman–Crippen MR) is 91.9 cm³/mol. The zero-order valence-electron chi connectivity index (χ0n) is 15.1. The third kappa shape index (κ3) is 3.79. The molecule has 0 radical (unpaired) electrons. The van der Waals surface area contributed by atoms with Crippen LogP contribution in [0.2, 0.25) is 0 Å². The van der Waals surface area contributed by atoms with Gasteiger partial charge in [-0.05, 0) is 0 Å². The first kappa shape index (κ1) is 23.2. The summed E-state index contributed by atoms with van der Waals surface area (Å²) in [5, 5.41) is 50.0. The lowest BCUT2D eigenvalue weighted by molar-refractivity contribution is -0.232. The van der Waals surface area contributed by atoms with Crippen LogP contribution in [-0.4, -0.2) is 101 Å². The van der Waals surface area contributed by atoms with Crippen LogP contribution in [0.1, 0.15) is 0 Å². The van der Waals surface area contributed by atoms with Crippen LogP contribution in [-0.2, 0) is 24.3 Å². The van der Waals surface area contributed by atoms with Crippen LogP contribution in [0.3, 0.4) is 0 Å². The molecule has 0 aromatic carbocycles. The molecule has 8 atom stereocenters. The van der Waals surface area contributed by atoms with Crippen LogP contribution in [0.25, 0.3) is 0 Å². The van der Waals surface area contributed by atoms with Crippen molar-refractivity contribution in [3.63, 3.8) is 0 Å². The van der Waals surface area contributed by atoms with Crippen molar-refractivity contribution in [1.29, 1.82) is 0 Å². The number of phosphoric ester groups is 1. The van der Waals surface area contributed by atoms with Gasteiger partial charge in [-0.1, -0.05) is 0 Å². The van der Waals surface area contributed by atoms with Crippen LogP contribution in [0.15, 0.2) is 21.9 Å². The Morgan fingerprint density at radius 1 is 1.10 bits per heavy atom. The molecule has 3 heterocycles. The van der Waals surface area contributed by atoms with Crippen LogP contribution in [0.5, 0.6) is 0 Å². The molecule has 0 saturated carbocycles. The van der Waals surface area contributed by atoms with Crippen LogP contribution >= 0.6 is 7.82 Å². The fourth-order valence-corrected chi connectivity index (χ4v) is 4.32. The lowest BCUT2D eigenvalue weighted by atomic mass is 9.92. The quantitative estimate of drug-likeness (QED) is 0.187. The number of ether oxygens (including phenoxy) is 2. The SMILES string of the molecule is O=c1ccn([C@]2(C3O[C@H](CO)[C@@H](O)[C@H]3O)O[C@H](CO)[C@@H](O)[C@H]2OP(=O)(O)O)c(=O)[nH]1. The molecule has 1 aromatic heterocycles. The molecule has 3 rings (SSSR count). The maximum absolute atomic E-state index is 12.5. The first-order valence-corrected chi connectivity index (χ1v) is 10.1. The Bertz CT molecular complexity index is 929. The van der Waals surface area contributed by atoms with Crippen molar-refractivity contribution in [3.05, 3.63) is 33.1 Å². The van der Waals surface area contributed by atoms with E-state index in [1.54, 1.807) is 0 Å². The van der Waals surface area contributed by atoms with E-state index in [0.717, 1.165) is 12.3 Å². The van der Waals surface area contributed by atoms with Crippen molar-refractivity contribution in [1.82, 2.24) is 9.55 Å². The topological polar surface area (TPSA) is 241 Å². The third-order valence-corrected chi connectivity index (χ3v) is 5.52. The normalized spacial score (nSPS) is 39.5. The Morgan fingerprint density at radius 2 is 1.73 bits per heavy atom. The van der Waals surface area contributed by atoms with Gasteiger partial charge in [-0.2, -0.15) is 0 Å². The lowest BCUT2D eigenvalue weighted by Crippen LogP contribution is -2.62. The summed E-state index contributed by atoms with van der Waals surface area (Å²) in [4.78, 5) is 44.5. The number of nitrogens with zero attached hydrogens (tertiary/aromatic N) is 1. The summed E-state index contributed by atoms with van der Waals surface area (Å²) in [5.74, 6) is 0. The van der Waals surface area contributed by atoms with E-state index >= 15 is 0 Å². The molecular formula is C14H21N2O13P. The van der Waals surface area contributed by atoms with Crippen LogP contribution in [0, 0.1) is 0 Å². The fraction of sp³-hybridized carbons (Fsp3) is 0.714. The maximum Gasteiger partial charge on any atom is 0.470 e. The second-order valence-electron chi connectivity index (χ2n) is 6.84. The van der Waals surface area contributed by atoms with E-state index in [1.165, 1.54) is 0 Å². The molecule has 2 fully saturated rings. The van der Waals surface area contributed by atoms with Crippen LogP contribution in [0.4, 0.5) is 0 Å². The van der Waals surface area contributed by atoms with Gasteiger partial charge in [0, 0.05) is 12.3 Å². The molecule has 8 N–H and O–H groups in total. The van der Waals surface area contributed by atoms with Gasteiger partial charge in [0.05, 0.1) is 13.2 Å². The molecule has 0 spiro atoms. The molecule has 16 heteroatoms. The molecule has 15 nitrogen and oxygen atoms in total. The smallest absolute Gasteiger partial charge is 0.394 e. The second kappa shape index (κ2) is 8.22. The summed E-state index contributed by atoms with van der Waals surface area (Å²) in [6.07, 6.45) is -11.7. The Kier molecular flexibility index (Phi) is 6.35. The number of hydrogen-bond donors (Lipinski definition) is 8. The van der Waals surface area contributed by atoms with E-state index in [-0.39, 0.29) is 0 Å². The van der Waals surface area contributed by atoms with E-state index < -0.39 is 80.7 Å². The van der Waals surface area contributed by atoms with Gasteiger partial charge in [-0.3, -0.25) is 18.9 Å². The highest BCUT2D eigenvalue weighted by Gasteiger charge is 2.67. The van der Waals surface area contributed by atoms with Crippen molar-refractivity contribution >= 4 is 7.82 Å². The Labute approximate surface area is 166 Å². The largest absolute Gasteiger partial charge is 0.470 e. The van der Waals surface area contributed by atoms with Gasteiger partial charge in [0.25, 0.3) is 5.56 Å². The van der Waals surface area contributed by atoms with Crippen molar-refractivity contribution < 1.29 is 53.9 Å². The van der Waals surface area contributed by atoms with Crippen molar-refractivity contribution in [2.24, 2.45) is 0 Å². The molecule has 30 heavy (non-hydrogen) atoms. The van der Waals surface area contributed by atoms with E-state index in [1.807, 2.05) is 4.98 Å². The molecule has 2 aliphatic heterocycles. The minimum atomic E-state index is -5.37. The van der Waals surface area contributed by atoms with E-state index in [4.69, 9.17) is 9.47 Å².